The standard InChI is InChI=1S/C11H13NO5/c1-7-4-5-9(12(14)15)6-10(7)17-8(2)11(13)16-3/h4-6,8H,1-3H3/t8-/m0/s1. The summed E-state index contributed by atoms with van der Waals surface area (Å²) >= 11 is 0. The fourth-order valence-electron chi connectivity index (χ4n) is 1.23. The second-order valence-electron chi connectivity index (χ2n) is 3.49. The van der Waals surface area contributed by atoms with Crippen molar-refractivity contribution in [3.63, 3.8) is 0 Å². The van der Waals surface area contributed by atoms with Gasteiger partial charge in [-0.1, -0.05) is 0 Å². The predicted molar refractivity (Wildman–Crippen MR) is 59.9 cm³/mol. The molecule has 0 aromatic heterocycles. The maximum atomic E-state index is 11.2. The molecule has 0 fully saturated rings. The maximum absolute atomic E-state index is 11.2. The van der Waals surface area contributed by atoms with Crippen LogP contribution >= 0.6 is 0 Å². The third-order valence-corrected chi connectivity index (χ3v) is 2.22. The van der Waals surface area contributed by atoms with Crippen molar-refractivity contribution in [2.45, 2.75) is 20.0 Å². The monoisotopic (exact) mass is 239 g/mol. The predicted octanol–water partition coefficient (Wildman–Crippen LogP) is 1.84. The Morgan fingerprint density at radius 2 is 2.12 bits per heavy atom. The van der Waals surface area contributed by atoms with Gasteiger partial charge in [-0.05, 0) is 25.5 Å². The summed E-state index contributed by atoms with van der Waals surface area (Å²) in [6.07, 6.45) is -0.805. The van der Waals surface area contributed by atoms with Gasteiger partial charge < -0.3 is 9.47 Å². The van der Waals surface area contributed by atoms with Gasteiger partial charge in [0, 0.05) is 6.07 Å². The summed E-state index contributed by atoms with van der Waals surface area (Å²) in [5.74, 6) is -0.229. The van der Waals surface area contributed by atoms with E-state index in [4.69, 9.17) is 4.74 Å². The van der Waals surface area contributed by atoms with Gasteiger partial charge >= 0.3 is 5.97 Å². The van der Waals surface area contributed by atoms with Crippen molar-refractivity contribution >= 4 is 11.7 Å². The first-order valence-electron chi connectivity index (χ1n) is 4.95. The van der Waals surface area contributed by atoms with Gasteiger partial charge in [-0.3, -0.25) is 10.1 Å². The lowest BCUT2D eigenvalue weighted by Gasteiger charge is -2.13. The number of nitrogens with zero attached hydrogens (tertiary/aromatic N) is 1. The van der Waals surface area contributed by atoms with Gasteiger partial charge in [0.2, 0.25) is 0 Å². The molecule has 0 aliphatic carbocycles. The number of hydrogen-bond donors (Lipinski definition) is 0. The largest absolute Gasteiger partial charge is 0.478 e. The highest BCUT2D eigenvalue weighted by Crippen LogP contribution is 2.25. The molecule has 0 radical (unpaired) electrons. The van der Waals surface area contributed by atoms with Gasteiger partial charge in [-0.25, -0.2) is 4.79 Å². The van der Waals surface area contributed by atoms with Gasteiger partial charge in [-0.2, -0.15) is 0 Å². The fraction of sp³-hybridized carbons (Fsp3) is 0.364. The van der Waals surface area contributed by atoms with Crippen molar-refractivity contribution in [3.8, 4) is 5.75 Å². The number of non-ortho nitro benzene ring substituents is 1. The smallest absolute Gasteiger partial charge is 0.346 e. The minimum atomic E-state index is -0.805. The Morgan fingerprint density at radius 3 is 2.65 bits per heavy atom. The number of ether oxygens (including phenoxy) is 2. The number of nitro groups is 1. The zero-order valence-corrected chi connectivity index (χ0v) is 9.80. The summed E-state index contributed by atoms with van der Waals surface area (Å²) in [5, 5.41) is 10.6. The molecule has 17 heavy (non-hydrogen) atoms. The van der Waals surface area contributed by atoms with Crippen LogP contribution in [0.3, 0.4) is 0 Å². The van der Waals surface area contributed by atoms with Crippen LogP contribution in [0.25, 0.3) is 0 Å². The SMILES string of the molecule is COC(=O)[C@H](C)Oc1cc([N+](=O)[O-])ccc1C. The van der Waals surface area contributed by atoms with Gasteiger partial charge in [0.15, 0.2) is 6.10 Å². The molecule has 1 atom stereocenters. The van der Waals surface area contributed by atoms with Crippen LogP contribution in [0.2, 0.25) is 0 Å². The zero-order chi connectivity index (χ0) is 13.0. The molecule has 0 unspecified atom stereocenters. The first-order valence-corrected chi connectivity index (χ1v) is 4.95. The summed E-state index contributed by atoms with van der Waals surface area (Å²) in [6, 6.07) is 4.23. The molecule has 0 bridgehead atoms. The highest BCUT2D eigenvalue weighted by Gasteiger charge is 2.17. The Balaban J connectivity index is 2.93. The van der Waals surface area contributed by atoms with E-state index in [0.717, 1.165) is 0 Å². The molecule has 0 aliphatic rings. The molecule has 0 heterocycles. The maximum Gasteiger partial charge on any atom is 0.346 e. The molecule has 0 saturated carbocycles. The van der Waals surface area contributed by atoms with Crippen LogP contribution in [0.4, 0.5) is 5.69 Å². The average molecular weight is 239 g/mol. The minimum absolute atomic E-state index is 0.0809. The molecule has 1 aromatic rings. The highest BCUT2D eigenvalue weighted by atomic mass is 16.6. The molecule has 6 heteroatoms. The van der Waals surface area contributed by atoms with Crippen molar-refractivity contribution < 1.29 is 19.2 Å². The van der Waals surface area contributed by atoms with Crippen molar-refractivity contribution in [1.82, 2.24) is 0 Å². The first kappa shape index (κ1) is 13.0. The summed E-state index contributed by atoms with van der Waals surface area (Å²) in [7, 11) is 1.25. The summed E-state index contributed by atoms with van der Waals surface area (Å²) in [5.41, 5.74) is 0.633. The normalized spacial score (nSPS) is 11.7. The van der Waals surface area contributed by atoms with Crippen LogP contribution in [-0.4, -0.2) is 24.1 Å². The molecule has 0 spiro atoms. The first-order chi connectivity index (χ1) is 7.95. The third-order valence-electron chi connectivity index (χ3n) is 2.22. The quantitative estimate of drug-likeness (QED) is 0.455. The van der Waals surface area contributed by atoms with Crippen LogP contribution < -0.4 is 4.74 Å². The van der Waals surface area contributed by atoms with E-state index in [1.807, 2.05) is 0 Å². The molecular weight excluding hydrogens is 226 g/mol. The lowest BCUT2D eigenvalue weighted by atomic mass is 10.2. The fourth-order valence-corrected chi connectivity index (χ4v) is 1.23. The van der Waals surface area contributed by atoms with E-state index >= 15 is 0 Å². The van der Waals surface area contributed by atoms with Crippen LogP contribution in [0, 0.1) is 17.0 Å². The average Bonchev–Trinajstić information content (AvgIpc) is 2.30. The van der Waals surface area contributed by atoms with Crippen molar-refractivity contribution in [2.75, 3.05) is 7.11 Å². The number of nitro benzene ring substituents is 1. The van der Waals surface area contributed by atoms with E-state index in [2.05, 4.69) is 4.74 Å². The lowest BCUT2D eigenvalue weighted by molar-refractivity contribution is -0.385. The van der Waals surface area contributed by atoms with Crippen molar-refractivity contribution in [2.24, 2.45) is 0 Å². The molecule has 0 amide bonds. The second-order valence-corrected chi connectivity index (χ2v) is 3.49. The van der Waals surface area contributed by atoms with Gasteiger partial charge in [0.05, 0.1) is 18.1 Å². The minimum Gasteiger partial charge on any atom is -0.478 e. The molecule has 0 saturated heterocycles. The van der Waals surface area contributed by atoms with E-state index in [0.29, 0.717) is 11.3 Å². The van der Waals surface area contributed by atoms with Crippen molar-refractivity contribution in [3.05, 3.63) is 33.9 Å². The van der Waals surface area contributed by atoms with Crippen LogP contribution in [0.5, 0.6) is 5.75 Å². The Hall–Kier alpha value is -2.11. The molecule has 1 aromatic carbocycles. The summed E-state index contributed by atoms with van der Waals surface area (Å²) in [6.45, 7) is 3.26. The van der Waals surface area contributed by atoms with Crippen LogP contribution in [-0.2, 0) is 9.53 Å². The number of rotatable bonds is 4. The van der Waals surface area contributed by atoms with E-state index in [1.165, 1.54) is 26.2 Å². The Labute approximate surface area is 98.3 Å². The molecule has 1 rings (SSSR count). The molecule has 0 aliphatic heterocycles. The number of carbonyl (C=O) groups is 1. The van der Waals surface area contributed by atoms with Crippen LogP contribution in [0.15, 0.2) is 18.2 Å². The van der Waals surface area contributed by atoms with E-state index < -0.39 is 17.0 Å². The number of esters is 1. The Bertz CT molecular complexity index is 443. The highest BCUT2D eigenvalue weighted by molar-refractivity contribution is 5.74. The van der Waals surface area contributed by atoms with E-state index in [9.17, 15) is 14.9 Å². The Kier molecular flexibility index (Phi) is 4.03. The number of carbonyl (C=O) groups excluding carboxylic acids is 1. The van der Waals surface area contributed by atoms with Crippen LogP contribution in [0.1, 0.15) is 12.5 Å². The van der Waals surface area contributed by atoms with E-state index in [1.54, 1.807) is 13.0 Å². The van der Waals surface area contributed by atoms with Crippen molar-refractivity contribution in [1.29, 1.82) is 0 Å². The molecule has 6 nitrogen and oxygen atoms in total. The number of benzene rings is 1. The summed E-state index contributed by atoms with van der Waals surface area (Å²) < 4.78 is 9.81. The topological polar surface area (TPSA) is 78.7 Å². The Morgan fingerprint density at radius 1 is 1.47 bits per heavy atom. The van der Waals surface area contributed by atoms with Gasteiger partial charge in [0.1, 0.15) is 5.75 Å². The second kappa shape index (κ2) is 5.29. The molecular formula is C11H13NO5. The molecule has 0 N–H and O–H groups in total. The molecule has 92 valence electrons. The number of hydrogen-bond acceptors (Lipinski definition) is 5. The number of aryl methyl sites for hydroxylation is 1. The number of methoxy groups -OCH3 is 1. The lowest BCUT2D eigenvalue weighted by Crippen LogP contribution is -2.25. The third kappa shape index (κ3) is 3.17. The summed E-state index contributed by atoms with van der Waals surface area (Å²) in [4.78, 5) is 21.2. The van der Waals surface area contributed by atoms with Gasteiger partial charge in [-0.15, -0.1) is 0 Å². The zero-order valence-electron chi connectivity index (χ0n) is 9.80. The van der Waals surface area contributed by atoms with E-state index in [-0.39, 0.29) is 5.69 Å². The van der Waals surface area contributed by atoms with Gasteiger partial charge in [0.25, 0.3) is 5.69 Å².